The van der Waals surface area contributed by atoms with Gasteiger partial charge in [0.1, 0.15) is 10.8 Å². The highest BCUT2D eigenvalue weighted by atomic mass is 32.1. The maximum absolute atomic E-state index is 11.0. The second-order valence-corrected chi connectivity index (χ2v) is 5.01. The molecule has 2 aromatic heterocycles. The minimum absolute atomic E-state index is 0.0383. The molecule has 0 aliphatic heterocycles. The Morgan fingerprint density at radius 2 is 2.25 bits per heavy atom. The van der Waals surface area contributed by atoms with E-state index in [-0.39, 0.29) is 11.5 Å². The molecule has 0 aliphatic carbocycles. The summed E-state index contributed by atoms with van der Waals surface area (Å²) in [5.74, 6) is 0.880. The van der Waals surface area contributed by atoms with Gasteiger partial charge in [-0.25, -0.2) is 9.97 Å². The summed E-state index contributed by atoms with van der Waals surface area (Å²) in [5, 5.41) is 19.8. The van der Waals surface area contributed by atoms with Gasteiger partial charge in [-0.05, 0) is 12.5 Å². The average molecular weight is 293 g/mol. The Morgan fingerprint density at radius 1 is 1.40 bits per heavy atom. The van der Waals surface area contributed by atoms with Crippen molar-refractivity contribution in [2.45, 2.75) is 19.9 Å². The van der Waals surface area contributed by atoms with Gasteiger partial charge in [-0.15, -0.1) is 11.3 Å². The number of pyridine rings is 1. The maximum atomic E-state index is 11.0. The van der Waals surface area contributed by atoms with Gasteiger partial charge in [0, 0.05) is 24.2 Å². The highest BCUT2D eigenvalue weighted by Crippen LogP contribution is 2.24. The smallest absolute Gasteiger partial charge is 0.311 e. The number of anilines is 2. The molecule has 2 heterocycles. The number of nitrogens with one attached hydrogen (secondary N) is 2. The Hall–Kier alpha value is -2.22. The van der Waals surface area contributed by atoms with Crippen LogP contribution >= 0.6 is 11.3 Å². The molecular formula is C12H15N5O2S. The summed E-state index contributed by atoms with van der Waals surface area (Å²) in [7, 11) is 0. The van der Waals surface area contributed by atoms with Crippen LogP contribution in [0.3, 0.4) is 0 Å². The quantitative estimate of drug-likeness (QED) is 0.602. The Bertz CT molecular complexity index is 573. The van der Waals surface area contributed by atoms with Gasteiger partial charge in [-0.1, -0.05) is 6.92 Å². The number of hydrogen-bond acceptors (Lipinski definition) is 7. The van der Waals surface area contributed by atoms with E-state index in [0.717, 1.165) is 18.0 Å². The number of nitrogens with zero attached hydrogens (tertiary/aromatic N) is 3. The molecule has 0 bridgehead atoms. The summed E-state index contributed by atoms with van der Waals surface area (Å²) in [4.78, 5) is 18.9. The summed E-state index contributed by atoms with van der Waals surface area (Å²) in [5.41, 5.74) is -0.0383. The molecule has 20 heavy (non-hydrogen) atoms. The molecule has 0 saturated heterocycles. The molecule has 0 radical (unpaired) electrons. The monoisotopic (exact) mass is 293 g/mol. The summed E-state index contributed by atoms with van der Waals surface area (Å²) in [6, 6.07) is 3.07. The molecule has 0 aliphatic rings. The molecule has 2 rings (SSSR count). The van der Waals surface area contributed by atoms with E-state index >= 15 is 0 Å². The topological polar surface area (TPSA) is 93.0 Å². The zero-order valence-electron chi connectivity index (χ0n) is 11.0. The standard InChI is InChI=1S/C12H15N5O2S/c1-2-5-13-10-4-3-9(17(18)19)12(16-10)15-8-11-14-6-7-20-11/h3-4,6-7H,2,5,8H2,1H3,(H2,13,15,16). The summed E-state index contributed by atoms with van der Waals surface area (Å²) >= 11 is 1.49. The number of nitro groups is 1. The van der Waals surface area contributed by atoms with Gasteiger partial charge in [0.25, 0.3) is 0 Å². The van der Waals surface area contributed by atoms with E-state index in [4.69, 9.17) is 0 Å². The van der Waals surface area contributed by atoms with Crippen molar-refractivity contribution in [2.75, 3.05) is 17.2 Å². The second-order valence-electron chi connectivity index (χ2n) is 4.03. The van der Waals surface area contributed by atoms with Gasteiger partial charge in [0.2, 0.25) is 5.82 Å². The van der Waals surface area contributed by atoms with Crippen molar-refractivity contribution in [3.63, 3.8) is 0 Å². The highest BCUT2D eigenvalue weighted by Gasteiger charge is 2.16. The van der Waals surface area contributed by atoms with Gasteiger partial charge in [0.05, 0.1) is 11.5 Å². The Morgan fingerprint density at radius 3 is 2.90 bits per heavy atom. The minimum Gasteiger partial charge on any atom is -0.370 e. The van der Waals surface area contributed by atoms with Crippen molar-refractivity contribution >= 4 is 28.7 Å². The van der Waals surface area contributed by atoms with E-state index in [1.807, 2.05) is 12.3 Å². The van der Waals surface area contributed by atoms with Crippen LogP contribution in [0.4, 0.5) is 17.3 Å². The Balaban J connectivity index is 2.15. The number of rotatable bonds is 7. The fourth-order valence-electron chi connectivity index (χ4n) is 1.58. The van der Waals surface area contributed by atoms with Crippen molar-refractivity contribution in [3.05, 3.63) is 38.8 Å². The fourth-order valence-corrected chi connectivity index (χ4v) is 2.14. The molecule has 0 spiro atoms. The molecule has 0 fully saturated rings. The lowest BCUT2D eigenvalue weighted by molar-refractivity contribution is -0.384. The number of aromatic nitrogens is 2. The molecule has 2 N–H and O–H groups in total. The molecule has 0 unspecified atom stereocenters. The van der Waals surface area contributed by atoms with Gasteiger partial charge in [-0.2, -0.15) is 0 Å². The van der Waals surface area contributed by atoms with Crippen molar-refractivity contribution in [2.24, 2.45) is 0 Å². The van der Waals surface area contributed by atoms with Crippen molar-refractivity contribution in [1.29, 1.82) is 0 Å². The van der Waals surface area contributed by atoms with Crippen molar-refractivity contribution in [3.8, 4) is 0 Å². The van der Waals surface area contributed by atoms with Crippen LogP contribution in [0.5, 0.6) is 0 Å². The van der Waals surface area contributed by atoms with Gasteiger partial charge in [-0.3, -0.25) is 10.1 Å². The first-order chi connectivity index (χ1) is 9.70. The zero-order valence-corrected chi connectivity index (χ0v) is 11.8. The molecule has 0 saturated carbocycles. The summed E-state index contributed by atoms with van der Waals surface area (Å²) in [6.07, 6.45) is 2.66. The normalized spacial score (nSPS) is 10.2. The molecule has 0 aromatic carbocycles. The highest BCUT2D eigenvalue weighted by molar-refractivity contribution is 7.09. The van der Waals surface area contributed by atoms with Gasteiger partial charge >= 0.3 is 5.69 Å². The lowest BCUT2D eigenvalue weighted by Gasteiger charge is -2.08. The van der Waals surface area contributed by atoms with E-state index in [0.29, 0.717) is 12.4 Å². The largest absolute Gasteiger partial charge is 0.370 e. The molecule has 0 amide bonds. The molecule has 2 aromatic rings. The van der Waals surface area contributed by atoms with Gasteiger partial charge in [0.15, 0.2) is 0 Å². The first-order valence-corrected chi connectivity index (χ1v) is 7.10. The zero-order chi connectivity index (χ0) is 14.4. The maximum Gasteiger partial charge on any atom is 0.311 e. The van der Waals surface area contributed by atoms with Crippen LogP contribution in [0.15, 0.2) is 23.7 Å². The first kappa shape index (κ1) is 14.2. The van der Waals surface area contributed by atoms with Crippen LogP contribution in [0.25, 0.3) is 0 Å². The Labute approximate surface area is 120 Å². The van der Waals surface area contributed by atoms with Crippen LogP contribution in [-0.2, 0) is 6.54 Å². The van der Waals surface area contributed by atoms with Crippen LogP contribution in [-0.4, -0.2) is 21.4 Å². The second kappa shape index (κ2) is 6.80. The van der Waals surface area contributed by atoms with E-state index in [9.17, 15) is 10.1 Å². The SMILES string of the molecule is CCCNc1ccc([N+](=O)[O-])c(NCc2nccs2)n1. The number of hydrogen-bond donors (Lipinski definition) is 2. The van der Waals surface area contributed by atoms with Crippen LogP contribution < -0.4 is 10.6 Å². The van der Waals surface area contributed by atoms with Crippen LogP contribution in [0.1, 0.15) is 18.4 Å². The summed E-state index contributed by atoms with van der Waals surface area (Å²) < 4.78 is 0. The third kappa shape index (κ3) is 3.64. The lowest BCUT2D eigenvalue weighted by Crippen LogP contribution is -2.08. The Kier molecular flexibility index (Phi) is 4.83. The number of thiazole rings is 1. The van der Waals surface area contributed by atoms with E-state index in [2.05, 4.69) is 20.6 Å². The average Bonchev–Trinajstić information content (AvgIpc) is 2.96. The lowest BCUT2D eigenvalue weighted by atomic mass is 10.3. The van der Waals surface area contributed by atoms with Crippen LogP contribution in [0.2, 0.25) is 0 Å². The van der Waals surface area contributed by atoms with Crippen molar-refractivity contribution < 1.29 is 4.92 Å². The molecule has 8 heteroatoms. The molecule has 7 nitrogen and oxygen atoms in total. The van der Waals surface area contributed by atoms with E-state index < -0.39 is 4.92 Å². The molecule has 0 atom stereocenters. The third-order valence-electron chi connectivity index (χ3n) is 2.52. The summed E-state index contributed by atoms with van der Waals surface area (Å²) in [6.45, 7) is 3.24. The van der Waals surface area contributed by atoms with Crippen molar-refractivity contribution in [1.82, 2.24) is 9.97 Å². The predicted octanol–water partition coefficient (Wildman–Crippen LogP) is 2.88. The molecular weight excluding hydrogens is 278 g/mol. The van der Waals surface area contributed by atoms with E-state index in [1.165, 1.54) is 17.4 Å². The van der Waals surface area contributed by atoms with Crippen LogP contribution in [0, 0.1) is 10.1 Å². The first-order valence-electron chi connectivity index (χ1n) is 6.22. The minimum atomic E-state index is -0.444. The van der Waals surface area contributed by atoms with E-state index in [1.54, 1.807) is 12.3 Å². The fraction of sp³-hybridized carbons (Fsp3) is 0.333. The van der Waals surface area contributed by atoms with Gasteiger partial charge < -0.3 is 10.6 Å². The predicted molar refractivity (Wildman–Crippen MR) is 79.1 cm³/mol. The third-order valence-corrected chi connectivity index (χ3v) is 3.30. The molecule has 106 valence electrons.